The van der Waals surface area contributed by atoms with Gasteiger partial charge in [0.2, 0.25) is 0 Å². The summed E-state index contributed by atoms with van der Waals surface area (Å²) in [6, 6.07) is 12.1. The molecule has 0 atom stereocenters. The number of sulfone groups is 1. The summed E-state index contributed by atoms with van der Waals surface area (Å²) in [7, 11) is -3.42. The lowest BCUT2D eigenvalue weighted by Crippen LogP contribution is -2.34. The Morgan fingerprint density at radius 2 is 1.62 bits per heavy atom. The number of alkyl halides is 6. The number of nitrogens with zero attached hydrogens (tertiary/aromatic N) is 2. The van der Waals surface area contributed by atoms with E-state index in [9.17, 15) is 34.8 Å². The minimum absolute atomic E-state index is 0.0318. The highest BCUT2D eigenvalue weighted by Gasteiger charge is 2.36. The molecular formula is C22H16F6N2O3S. The van der Waals surface area contributed by atoms with Crippen LogP contribution in [0.3, 0.4) is 0 Å². The highest BCUT2D eigenvalue weighted by molar-refractivity contribution is 7.90. The summed E-state index contributed by atoms with van der Waals surface area (Å²) in [4.78, 5) is 0.729. The van der Waals surface area contributed by atoms with E-state index in [0.29, 0.717) is 16.5 Å². The Bertz CT molecular complexity index is 1320. The highest BCUT2D eigenvalue weighted by atomic mass is 32.2. The van der Waals surface area contributed by atoms with Gasteiger partial charge in [-0.3, -0.25) is 0 Å². The molecule has 2 aromatic carbocycles. The van der Waals surface area contributed by atoms with Gasteiger partial charge in [-0.1, -0.05) is 0 Å². The van der Waals surface area contributed by atoms with Crippen molar-refractivity contribution in [1.29, 1.82) is 5.26 Å². The third kappa shape index (κ3) is 6.11. The van der Waals surface area contributed by atoms with Gasteiger partial charge < -0.3 is 9.32 Å². The van der Waals surface area contributed by atoms with Crippen molar-refractivity contribution in [2.75, 3.05) is 17.7 Å². The second-order valence-electron chi connectivity index (χ2n) is 7.37. The molecule has 0 aliphatic heterocycles. The van der Waals surface area contributed by atoms with Gasteiger partial charge >= 0.3 is 12.4 Å². The first-order chi connectivity index (χ1) is 15.7. The minimum atomic E-state index is -4.93. The maximum atomic E-state index is 13.3. The number of anilines is 1. The molecule has 0 bridgehead atoms. The average molecular weight is 502 g/mol. The van der Waals surface area contributed by atoms with E-state index in [1.54, 1.807) is 0 Å². The Kier molecular flexibility index (Phi) is 6.71. The van der Waals surface area contributed by atoms with Crippen molar-refractivity contribution in [2.24, 2.45) is 0 Å². The molecule has 3 aromatic rings. The molecule has 0 saturated carbocycles. The third-order valence-corrected chi connectivity index (χ3v) is 5.87. The molecule has 0 N–H and O–H groups in total. The fourth-order valence-corrected chi connectivity index (χ4v) is 3.82. The smallest absolute Gasteiger partial charge is 0.417 e. The third-order valence-electron chi connectivity index (χ3n) is 4.74. The molecule has 1 aromatic heterocycles. The van der Waals surface area contributed by atoms with Crippen LogP contribution in [-0.2, 0) is 22.6 Å². The Morgan fingerprint density at radius 3 is 2.15 bits per heavy atom. The van der Waals surface area contributed by atoms with Gasteiger partial charge in [-0.25, -0.2) is 8.42 Å². The fraction of sp³-hybridized carbons (Fsp3) is 0.227. The zero-order chi connectivity index (χ0) is 25.3. The van der Waals surface area contributed by atoms with Gasteiger partial charge in [0.1, 0.15) is 18.1 Å². The number of benzene rings is 2. The van der Waals surface area contributed by atoms with E-state index in [1.165, 1.54) is 42.5 Å². The Labute approximate surface area is 190 Å². The number of hydrogen-bond donors (Lipinski definition) is 0. The highest BCUT2D eigenvalue weighted by Crippen LogP contribution is 2.36. The first-order valence-corrected chi connectivity index (χ1v) is 11.4. The van der Waals surface area contributed by atoms with Crippen LogP contribution in [0.25, 0.3) is 11.3 Å². The number of rotatable bonds is 6. The molecule has 180 valence electrons. The van der Waals surface area contributed by atoms with Crippen molar-refractivity contribution in [1.82, 2.24) is 0 Å². The molecular weight excluding hydrogens is 486 g/mol. The van der Waals surface area contributed by atoms with Crippen LogP contribution >= 0.6 is 0 Å². The van der Waals surface area contributed by atoms with E-state index < -0.39 is 46.4 Å². The van der Waals surface area contributed by atoms with Crippen LogP contribution in [0.15, 0.2) is 63.9 Å². The van der Waals surface area contributed by atoms with Gasteiger partial charge in [-0.2, -0.15) is 31.6 Å². The number of furan rings is 1. The summed E-state index contributed by atoms with van der Waals surface area (Å²) >= 11 is 0. The number of hydrogen-bond acceptors (Lipinski definition) is 5. The van der Waals surface area contributed by atoms with E-state index in [2.05, 4.69) is 0 Å². The van der Waals surface area contributed by atoms with Gasteiger partial charge in [-0.05, 0) is 54.6 Å². The summed E-state index contributed by atoms with van der Waals surface area (Å²) in [5.74, 6) is 0.266. The molecule has 0 saturated heterocycles. The fourth-order valence-electron chi connectivity index (χ4n) is 3.19. The van der Waals surface area contributed by atoms with Crippen LogP contribution in [-0.4, -0.2) is 27.4 Å². The van der Waals surface area contributed by atoms with Crippen molar-refractivity contribution >= 4 is 15.5 Å². The van der Waals surface area contributed by atoms with Crippen molar-refractivity contribution < 1.29 is 39.2 Å². The summed E-state index contributed by atoms with van der Waals surface area (Å²) in [5, 5.41) is 8.91. The Hall–Kier alpha value is -3.46. The molecule has 1 heterocycles. The second kappa shape index (κ2) is 9.06. The molecule has 0 aliphatic rings. The van der Waals surface area contributed by atoms with Crippen molar-refractivity contribution in [2.45, 2.75) is 23.8 Å². The van der Waals surface area contributed by atoms with Crippen LogP contribution in [0.5, 0.6) is 0 Å². The van der Waals surface area contributed by atoms with Crippen molar-refractivity contribution in [3.05, 3.63) is 71.5 Å². The average Bonchev–Trinajstić information content (AvgIpc) is 3.19. The van der Waals surface area contributed by atoms with Crippen LogP contribution < -0.4 is 4.90 Å². The largest absolute Gasteiger partial charge is 0.459 e. The first kappa shape index (κ1) is 25.2. The van der Waals surface area contributed by atoms with Crippen LogP contribution in [0.1, 0.15) is 16.9 Å². The molecule has 3 rings (SSSR count). The molecule has 0 unspecified atom stereocenters. The van der Waals surface area contributed by atoms with Crippen LogP contribution in [0.4, 0.5) is 32.0 Å². The second-order valence-corrected chi connectivity index (χ2v) is 9.39. The number of halogens is 6. The molecule has 12 heteroatoms. The van der Waals surface area contributed by atoms with Crippen molar-refractivity contribution in [3.8, 4) is 17.4 Å². The predicted molar refractivity (Wildman–Crippen MR) is 111 cm³/mol. The van der Waals surface area contributed by atoms with Crippen LogP contribution in [0.2, 0.25) is 0 Å². The van der Waals surface area contributed by atoms with E-state index >= 15 is 0 Å². The lowest BCUT2D eigenvalue weighted by molar-refractivity contribution is -0.137. The van der Waals surface area contributed by atoms with Crippen LogP contribution in [0, 0.1) is 11.3 Å². The lowest BCUT2D eigenvalue weighted by atomic mass is 10.1. The Balaban J connectivity index is 1.93. The van der Waals surface area contributed by atoms with E-state index in [4.69, 9.17) is 9.68 Å². The van der Waals surface area contributed by atoms with Gasteiger partial charge in [0.25, 0.3) is 0 Å². The Morgan fingerprint density at radius 1 is 0.971 bits per heavy atom. The standard InChI is InChI=1S/C22H16F6N2O3S/c1-34(31,32)18-7-3-14(4-8-18)20-9-6-17(33-20)12-30(13-21(23,24)25)16-5-2-15(11-29)19(10-16)22(26,27)28/h2-10H,12-13H2,1H3. The monoisotopic (exact) mass is 502 g/mol. The van der Waals surface area contributed by atoms with E-state index in [1.807, 2.05) is 0 Å². The molecule has 0 fully saturated rings. The quantitative estimate of drug-likeness (QED) is 0.398. The van der Waals surface area contributed by atoms with E-state index in [-0.39, 0.29) is 22.1 Å². The zero-order valence-electron chi connectivity index (χ0n) is 17.4. The number of nitriles is 1. The normalized spacial score (nSPS) is 12.4. The molecule has 0 amide bonds. The molecule has 0 radical (unpaired) electrons. The molecule has 5 nitrogen and oxygen atoms in total. The lowest BCUT2D eigenvalue weighted by Gasteiger charge is -2.26. The maximum absolute atomic E-state index is 13.3. The minimum Gasteiger partial charge on any atom is -0.459 e. The molecule has 34 heavy (non-hydrogen) atoms. The maximum Gasteiger partial charge on any atom is 0.417 e. The SMILES string of the molecule is CS(=O)(=O)c1ccc(-c2ccc(CN(CC(F)(F)F)c3ccc(C#N)c(C(F)(F)F)c3)o2)cc1. The summed E-state index contributed by atoms with van der Waals surface area (Å²) in [6.07, 6.45) is -8.63. The summed E-state index contributed by atoms with van der Waals surface area (Å²) in [5.41, 5.74) is -1.98. The van der Waals surface area contributed by atoms with Gasteiger partial charge in [0.05, 0.1) is 28.6 Å². The van der Waals surface area contributed by atoms with Gasteiger partial charge in [-0.15, -0.1) is 0 Å². The van der Waals surface area contributed by atoms with Gasteiger partial charge in [0, 0.05) is 17.5 Å². The summed E-state index contributed by atoms with van der Waals surface area (Å²) < 4.78 is 108. The summed E-state index contributed by atoms with van der Waals surface area (Å²) in [6.45, 7) is -2.07. The first-order valence-electron chi connectivity index (χ1n) is 9.49. The molecule has 0 spiro atoms. The predicted octanol–water partition coefficient (Wildman–Crippen LogP) is 5.81. The zero-order valence-corrected chi connectivity index (χ0v) is 18.2. The topological polar surface area (TPSA) is 74.3 Å². The van der Waals surface area contributed by atoms with Gasteiger partial charge in [0.15, 0.2) is 9.84 Å². The van der Waals surface area contributed by atoms with Crippen molar-refractivity contribution in [3.63, 3.8) is 0 Å². The molecule has 0 aliphatic carbocycles. The van der Waals surface area contributed by atoms with E-state index in [0.717, 1.165) is 18.4 Å².